The summed E-state index contributed by atoms with van der Waals surface area (Å²) >= 11 is 0. The molecule has 6 nitrogen and oxygen atoms in total. The van der Waals surface area contributed by atoms with E-state index in [4.69, 9.17) is 0 Å². The number of aromatic nitrogens is 3. The van der Waals surface area contributed by atoms with Gasteiger partial charge >= 0.3 is 0 Å². The number of guanidine groups is 1. The summed E-state index contributed by atoms with van der Waals surface area (Å²) in [6.07, 6.45) is 7.51. The highest BCUT2D eigenvalue weighted by Gasteiger charge is 2.14. The van der Waals surface area contributed by atoms with E-state index in [0.717, 1.165) is 74.1 Å². The number of hydrogen-bond acceptors (Lipinski definition) is 3. The van der Waals surface area contributed by atoms with Crippen LogP contribution >= 0.6 is 24.0 Å². The smallest absolute Gasteiger partial charge is 0.190 e. The Kier molecular flexibility index (Phi) is 9.83. The van der Waals surface area contributed by atoms with Crippen LogP contribution in [-0.4, -0.2) is 40.9 Å². The van der Waals surface area contributed by atoms with Gasteiger partial charge < -0.3 is 15.2 Å². The average molecular weight is 514 g/mol. The van der Waals surface area contributed by atoms with Crippen LogP contribution in [0.5, 0.6) is 0 Å². The molecule has 0 spiro atoms. The van der Waals surface area contributed by atoms with E-state index < -0.39 is 0 Å². The lowest BCUT2D eigenvalue weighted by molar-refractivity contribution is 0.594. The van der Waals surface area contributed by atoms with Crippen LogP contribution in [-0.2, 0) is 25.8 Å². The first-order valence-electron chi connectivity index (χ1n) is 10.3. The van der Waals surface area contributed by atoms with E-state index >= 15 is 0 Å². The minimum atomic E-state index is -0.184. The first-order chi connectivity index (χ1) is 13.7. The second kappa shape index (κ2) is 12.1. The van der Waals surface area contributed by atoms with Gasteiger partial charge in [0.15, 0.2) is 5.96 Å². The molecule has 0 amide bonds. The molecule has 2 aromatic rings. The van der Waals surface area contributed by atoms with Crippen LogP contribution < -0.4 is 10.6 Å². The molecule has 2 N–H and O–H groups in total. The molecule has 0 unspecified atom stereocenters. The SMILES string of the molecule is CN=C(NCCCc1nnc2n1CCCCC2)NCCc1ccc(F)cc1C.I. The summed E-state index contributed by atoms with van der Waals surface area (Å²) in [6, 6.07) is 4.94. The lowest BCUT2D eigenvalue weighted by atomic mass is 10.1. The third-order valence-electron chi connectivity index (χ3n) is 5.27. The van der Waals surface area contributed by atoms with Crippen LogP contribution in [0.3, 0.4) is 0 Å². The van der Waals surface area contributed by atoms with Gasteiger partial charge in [-0.15, -0.1) is 34.2 Å². The Bertz CT molecular complexity index is 804. The average Bonchev–Trinajstić information content (AvgIpc) is 2.91. The molecule has 1 aromatic heterocycles. The molecule has 1 aliphatic rings. The van der Waals surface area contributed by atoms with Gasteiger partial charge in [-0.1, -0.05) is 12.5 Å². The van der Waals surface area contributed by atoms with Gasteiger partial charge in [-0.3, -0.25) is 4.99 Å². The summed E-state index contributed by atoms with van der Waals surface area (Å²) in [5.41, 5.74) is 2.13. The Labute approximate surface area is 189 Å². The van der Waals surface area contributed by atoms with Crippen molar-refractivity contribution in [1.29, 1.82) is 0 Å². The number of hydrogen-bond donors (Lipinski definition) is 2. The molecule has 0 saturated heterocycles. The first-order valence-corrected chi connectivity index (χ1v) is 10.3. The molecule has 0 saturated carbocycles. The number of rotatable bonds is 7. The molecule has 8 heteroatoms. The molecule has 0 radical (unpaired) electrons. The van der Waals surface area contributed by atoms with Gasteiger partial charge in [0.2, 0.25) is 0 Å². The normalized spacial score (nSPS) is 14.0. The van der Waals surface area contributed by atoms with Gasteiger partial charge in [0, 0.05) is 39.5 Å². The zero-order valence-electron chi connectivity index (χ0n) is 17.4. The molecule has 0 fully saturated rings. The van der Waals surface area contributed by atoms with Crippen LogP contribution in [0.25, 0.3) is 0 Å². The number of halogens is 2. The molecule has 0 bridgehead atoms. The fourth-order valence-electron chi connectivity index (χ4n) is 3.66. The van der Waals surface area contributed by atoms with Crippen LogP contribution in [0.4, 0.5) is 4.39 Å². The zero-order valence-corrected chi connectivity index (χ0v) is 19.7. The monoisotopic (exact) mass is 514 g/mol. The molecule has 1 aliphatic heterocycles. The molecular formula is C21H32FIN6. The minimum Gasteiger partial charge on any atom is -0.356 e. The Morgan fingerprint density at radius 3 is 2.76 bits per heavy atom. The summed E-state index contributed by atoms with van der Waals surface area (Å²) in [4.78, 5) is 4.27. The summed E-state index contributed by atoms with van der Waals surface area (Å²) in [6.45, 7) is 4.58. The standard InChI is InChI=1S/C21H31FN6.HI/c1-16-15-18(22)10-9-17(16)11-13-25-21(23-2)24-12-6-8-20-27-26-19-7-4-3-5-14-28(19)20;/h9-10,15H,3-8,11-14H2,1-2H3,(H2,23,24,25);1H. The highest BCUT2D eigenvalue weighted by Crippen LogP contribution is 2.15. The topological polar surface area (TPSA) is 67.1 Å². The zero-order chi connectivity index (χ0) is 19.8. The number of nitrogens with one attached hydrogen (secondary N) is 2. The Morgan fingerprint density at radius 2 is 1.97 bits per heavy atom. The van der Waals surface area contributed by atoms with Crippen LogP contribution in [0.15, 0.2) is 23.2 Å². The molecule has 29 heavy (non-hydrogen) atoms. The lowest BCUT2D eigenvalue weighted by Crippen LogP contribution is -2.38. The van der Waals surface area contributed by atoms with Gasteiger partial charge in [0.05, 0.1) is 0 Å². The maximum absolute atomic E-state index is 13.2. The van der Waals surface area contributed by atoms with Crippen molar-refractivity contribution in [3.05, 3.63) is 46.8 Å². The third-order valence-corrected chi connectivity index (χ3v) is 5.27. The summed E-state index contributed by atoms with van der Waals surface area (Å²) < 4.78 is 15.5. The van der Waals surface area contributed by atoms with Gasteiger partial charge in [-0.25, -0.2) is 4.39 Å². The fraction of sp³-hybridized carbons (Fsp3) is 0.571. The third kappa shape index (κ3) is 6.94. The van der Waals surface area contributed by atoms with Crippen molar-refractivity contribution in [3.63, 3.8) is 0 Å². The Balaban J connectivity index is 0.00000300. The first kappa shape index (κ1) is 23.6. The van der Waals surface area contributed by atoms with Crippen molar-refractivity contribution in [3.8, 4) is 0 Å². The van der Waals surface area contributed by atoms with Crippen LogP contribution in [0, 0.1) is 12.7 Å². The van der Waals surface area contributed by atoms with Gasteiger partial charge in [0.25, 0.3) is 0 Å². The second-order valence-electron chi connectivity index (χ2n) is 7.34. The Hall–Kier alpha value is -1.71. The lowest BCUT2D eigenvalue weighted by Gasteiger charge is -2.13. The highest BCUT2D eigenvalue weighted by atomic mass is 127. The molecular weight excluding hydrogens is 482 g/mol. The number of benzene rings is 1. The van der Waals surface area contributed by atoms with Crippen molar-refractivity contribution in [2.24, 2.45) is 4.99 Å². The molecule has 0 aliphatic carbocycles. The molecule has 160 valence electrons. The largest absolute Gasteiger partial charge is 0.356 e. The van der Waals surface area contributed by atoms with E-state index in [-0.39, 0.29) is 29.8 Å². The summed E-state index contributed by atoms with van der Waals surface area (Å²) in [7, 11) is 1.77. The Morgan fingerprint density at radius 1 is 1.14 bits per heavy atom. The van der Waals surface area contributed by atoms with Crippen LogP contribution in [0.1, 0.15) is 48.5 Å². The van der Waals surface area contributed by atoms with Crippen molar-refractivity contribution in [2.75, 3.05) is 20.1 Å². The quantitative estimate of drug-likeness (QED) is 0.257. The summed E-state index contributed by atoms with van der Waals surface area (Å²) in [5, 5.41) is 15.4. The van der Waals surface area contributed by atoms with E-state index in [1.165, 1.54) is 25.3 Å². The number of aryl methyl sites for hydroxylation is 3. The van der Waals surface area contributed by atoms with E-state index in [0.29, 0.717) is 0 Å². The van der Waals surface area contributed by atoms with Crippen molar-refractivity contribution < 1.29 is 4.39 Å². The number of nitrogens with zero attached hydrogens (tertiary/aromatic N) is 4. The predicted octanol–water partition coefficient (Wildman–Crippen LogP) is 3.41. The van der Waals surface area contributed by atoms with Gasteiger partial charge in [0.1, 0.15) is 17.5 Å². The van der Waals surface area contributed by atoms with Gasteiger partial charge in [-0.2, -0.15) is 0 Å². The highest BCUT2D eigenvalue weighted by molar-refractivity contribution is 14.0. The molecule has 3 rings (SSSR count). The number of aliphatic imine (C=N–C) groups is 1. The van der Waals surface area contributed by atoms with Crippen molar-refractivity contribution in [1.82, 2.24) is 25.4 Å². The maximum Gasteiger partial charge on any atom is 0.190 e. The summed E-state index contributed by atoms with van der Waals surface area (Å²) in [5.74, 6) is 2.86. The van der Waals surface area contributed by atoms with E-state index in [2.05, 4.69) is 30.4 Å². The second-order valence-corrected chi connectivity index (χ2v) is 7.34. The van der Waals surface area contributed by atoms with E-state index in [1.807, 2.05) is 13.0 Å². The minimum absolute atomic E-state index is 0. The maximum atomic E-state index is 13.2. The van der Waals surface area contributed by atoms with Crippen molar-refractivity contribution >= 4 is 29.9 Å². The van der Waals surface area contributed by atoms with Gasteiger partial charge in [-0.05, 0) is 55.9 Å². The number of fused-ring (bicyclic) bond motifs is 1. The van der Waals surface area contributed by atoms with Crippen LogP contribution in [0.2, 0.25) is 0 Å². The predicted molar refractivity (Wildman–Crippen MR) is 126 cm³/mol. The molecule has 0 atom stereocenters. The molecule has 1 aromatic carbocycles. The fourth-order valence-corrected chi connectivity index (χ4v) is 3.66. The van der Waals surface area contributed by atoms with E-state index in [1.54, 1.807) is 13.1 Å². The van der Waals surface area contributed by atoms with Crippen molar-refractivity contribution in [2.45, 2.75) is 58.4 Å². The van der Waals surface area contributed by atoms with E-state index in [9.17, 15) is 4.39 Å². The molecule has 2 heterocycles.